The van der Waals surface area contributed by atoms with Crippen LogP contribution in [0.4, 0.5) is 0 Å². The molecule has 0 saturated carbocycles. The molecule has 5 heteroatoms. The first-order valence-corrected chi connectivity index (χ1v) is 5.74. The zero-order chi connectivity index (χ0) is 13.1. The molecule has 94 valence electrons. The summed E-state index contributed by atoms with van der Waals surface area (Å²) in [5.74, 6) is 1.71. The molecule has 0 aliphatic rings. The molecule has 0 unspecified atom stereocenters. The van der Waals surface area contributed by atoms with Gasteiger partial charge < -0.3 is 9.47 Å². The van der Waals surface area contributed by atoms with E-state index in [0.29, 0.717) is 35.1 Å². The molecule has 2 rings (SSSR count). The van der Waals surface area contributed by atoms with Crippen LogP contribution in [0.3, 0.4) is 0 Å². The fraction of sp³-hybridized carbons (Fsp3) is 0.385. The SMILES string of the molecule is COc1cc(OCC(C)C)cn2ncc(C#N)c12. The first-order valence-electron chi connectivity index (χ1n) is 5.74. The van der Waals surface area contributed by atoms with Crippen molar-refractivity contribution in [2.75, 3.05) is 13.7 Å². The van der Waals surface area contributed by atoms with E-state index in [1.807, 2.05) is 0 Å². The number of methoxy groups -OCH3 is 1. The number of rotatable bonds is 4. The number of pyridine rings is 1. The predicted molar refractivity (Wildman–Crippen MR) is 66.8 cm³/mol. The fourth-order valence-electron chi connectivity index (χ4n) is 1.64. The number of hydrogen-bond acceptors (Lipinski definition) is 4. The molecule has 0 spiro atoms. The summed E-state index contributed by atoms with van der Waals surface area (Å²) in [6.07, 6.45) is 3.27. The molecule has 0 aliphatic carbocycles. The highest BCUT2D eigenvalue weighted by atomic mass is 16.5. The Bertz CT molecular complexity index is 596. The van der Waals surface area contributed by atoms with Gasteiger partial charge in [-0.05, 0) is 5.92 Å². The largest absolute Gasteiger partial charge is 0.494 e. The number of fused-ring (bicyclic) bond motifs is 1. The molecule has 2 heterocycles. The van der Waals surface area contributed by atoms with E-state index in [-0.39, 0.29) is 0 Å². The second-order valence-corrected chi connectivity index (χ2v) is 4.41. The third kappa shape index (κ3) is 2.23. The van der Waals surface area contributed by atoms with Gasteiger partial charge in [0.25, 0.3) is 0 Å². The van der Waals surface area contributed by atoms with Crippen LogP contribution in [0.2, 0.25) is 0 Å². The van der Waals surface area contributed by atoms with Gasteiger partial charge in [-0.15, -0.1) is 0 Å². The zero-order valence-electron chi connectivity index (χ0n) is 10.7. The monoisotopic (exact) mass is 245 g/mol. The van der Waals surface area contributed by atoms with Crippen LogP contribution >= 0.6 is 0 Å². The topological polar surface area (TPSA) is 59.6 Å². The van der Waals surface area contributed by atoms with Gasteiger partial charge in [0.1, 0.15) is 28.6 Å². The lowest BCUT2D eigenvalue weighted by molar-refractivity contribution is 0.268. The molecule has 0 aliphatic heterocycles. The maximum Gasteiger partial charge on any atom is 0.149 e. The quantitative estimate of drug-likeness (QED) is 0.828. The van der Waals surface area contributed by atoms with Crippen LogP contribution in [-0.4, -0.2) is 23.3 Å². The Morgan fingerprint density at radius 1 is 1.50 bits per heavy atom. The molecule has 0 fully saturated rings. The normalized spacial score (nSPS) is 10.6. The highest BCUT2D eigenvalue weighted by Gasteiger charge is 2.12. The van der Waals surface area contributed by atoms with E-state index in [2.05, 4.69) is 25.0 Å². The summed E-state index contributed by atoms with van der Waals surface area (Å²) >= 11 is 0. The molecule has 0 amide bonds. The second kappa shape index (κ2) is 4.96. The average Bonchev–Trinajstić information content (AvgIpc) is 2.78. The summed E-state index contributed by atoms with van der Waals surface area (Å²) in [6.45, 7) is 4.79. The number of aromatic nitrogens is 2. The first-order chi connectivity index (χ1) is 8.65. The number of hydrogen-bond donors (Lipinski definition) is 0. The zero-order valence-corrected chi connectivity index (χ0v) is 10.7. The van der Waals surface area contributed by atoms with E-state index >= 15 is 0 Å². The van der Waals surface area contributed by atoms with Crippen molar-refractivity contribution in [1.29, 1.82) is 5.26 Å². The Balaban J connectivity index is 2.45. The number of ether oxygens (including phenoxy) is 2. The third-order valence-electron chi connectivity index (χ3n) is 2.48. The molecule has 0 radical (unpaired) electrons. The van der Waals surface area contributed by atoms with Crippen molar-refractivity contribution in [2.24, 2.45) is 5.92 Å². The van der Waals surface area contributed by atoms with Crippen LogP contribution in [0.5, 0.6) is 11.5 Å². The minimum absolute atomic E-state index is 0.444. The minimum Gasteiger partial charge on any atom is -0.494 e. The van der Waals surface area contributed by atoms with E-state index < -0.39 is 0 Å². The van der Waals surface area contributed by atoms with Crippen molar-refractivity contribution in [3.8, 4) is 17.6 Å². The maximum atomic E-state index is 9.00. The molecule has 0 aromatic carbocycles. The van der Waals surface area contributed by atoms with Crippen molar-refractivity contribution < 1.29 is 9.47 Å². The van der Waals surface area contributed by atoms with Crippen molar-refractivity contribution >= 4 is 5.52 Å². The Kier molecular flexibility index (Phi) is 3.38. The Hall–Kier alpha value is -2.22. The highest BCUT2D eigenvalue weighted by Crippen LogP contribution is 2.27. The van der Waals surface area contributed by atoms with Crippen LogP contribution in [-0.2, 0) is 0 Å². The van der Waals surface area contributed by atoms with Crippen molar-refractivity contribution in [2.45, 2.75) is 13.8 Å². The summed E-state index contributed by atoms with van der Waals surface area (Å²) in [7, 11) is 1.57. The number of nitrogens with zero attached hydrogens (tertiary/aromatic N) is 3. The fourth-order valence-corrected chi connectivity index (χ4v) is 1.64. The van der Waals surface area contributed by atoms with E-state index in [1.54, 1.807) is 23.9 Å². The molecule has 18 heavy (non-hydrogen) atoms. The molecular formula is C13H15N3O2. The van der Waals surface area contributed by atoms with Gasteiger partial charge >= 0.3 is 0 Å². The highest BCUT2D eigenvalue weighted by molar-refractivity contribution is 5.70. The Labute approximate surface area is 106 Å². The third-order valence-corrected chi connectivity index (χ3v) is 2.48. The van der Waals surface area contributed by atoms with Gasteiger partial charge in [0.2, 0.25) is 0 Å². The molecule has 0 bridgehead atoms. The lowest BCUT2D eigenvalue weighted by atomic mass is 10.2. The van der Waals surface area contributed by atoms with Gasteiger partial charge in [-0.1, -0.05) is 13.8 Å². The van der Waals surface area contributed by atoms with Crippen LogP contribution in [0.15, 0.2) is 18.5 Å². The molecule has 2 aromatic heterocycles. The minimum atomic E-state index is 0.444. The summed E-state index contributed by atoms with van der Waals surface area (Å²) < 4.78 is 12.5. The Morgan fingerprint density at radius 2 is 2.28 bits per heavy atom. The van der Waals surface area contributed by atoms with Gasteiger partial charge in [0.15, 0.2) is 0 Å². The lowest BCUT2D eigenvalue weighted by Gasteiger charge is -2.11. The molecule has 5 nitrogen and oxygen atoms in total. The van der Waals surface area contributed by atoms with Crippen LogP contribution in [0, 0.1) is 17.2 Å². The van der Waals surface area contributed by atoms with Gasteiger partial charge in [0.05, 0.1) is 26.1 Å². The van der Waals surface area contributed by atoms with Gasteiger partial charge in [-0.3, -0.25) is 0 Å². The molecule has 2 aromatic rings. The summed E-state index contributed by atoms with van der Waals surface area (Å²) in [5.41, 5.74) is 1.15. The smallest absolute Gasteiger partial charge is 0.149 e. The van der Waals surface area contributed by atoms with Crippen LogP contribution in [0.1, 0.15) is 19.4 Å². The van der Waals surface area contributed by atoms with E-state index in [0.717, 1.165) is 0 Å². The number of nitriles is 1. The van der Waals surface area contributed by atoms with Crippen molar-refractivity contribution in [3.63, 3.8) is 0 Å². The van der Waals surface area contributed by atoms with Crippen molar-refractivity contribution in [3.05, 3.63) is 24.0 Å². The lowest BCUT2D eigenvalue weighted by Crippen LogP contribution is -2.05. The predicted octanol–water partition coefficient (Wildman–Crippen LogP) is 2.25. The summed E-state index contributed by atoms with van der Waals surface area (Å²) in [4.78, 5) is 0. The van der Waals surface area contributed by atoms with E-state index in [1.165, 1.54) is 6.20 Å². The van der Waals surface area contributed by atoms with Gasteiger partial charge in [-0.2, -0.15) is 10.4 Å². The summed E-state index contributed by atoms with van der Waals surface area (Å²) in [6, 6.07) is 3.87. The van der Waals surface area contributed by atoms with E-state index in [4.69, 9.17) is 14.7 Å². The second-order valence-electron chi connectivity index (χ2n) is 4.41. The van der Waals surface area contributed by atoms with Crippen LogP contribution in [0.25, 0.3) is 5.52 Å². The standard InChI is InChI=1S/C13H15N3O2/c1-9(2)8-18-11-4-12(17-3)13-10(5-14)6-15-16(13)7-11/h4,6-7,9H,8H2,1-3H3. The maximum absolute atomic E-state index is 9.00. The Morgan fingerprint density at radius 3 is 2.89 bits per heavy atom. The molecule has 0 saturated heterocycles. The average molecular weight is 245 g/mol. The van der Waals surface area contributed by atoms with Gasteiger partial charge in [0, 0.05) is 6.07 Å². The first kappa shape index (κ1) is 12.2. The van der Waals surface area contributed by atoms with Gasteiger partial charge in [-0.25, -0.2) is 4.52 Å². The molecule has 0 N–H and O–H groups in total. The van der Waals surface area contributed by atoms with E-state index in [9.17, 15) is 0 Å². The van der Waals surface area contributed by atoms with Crippen LogP contribution < -0.4 is 9.47 Å². The molecular weight excluding hydrogens is 230 g/mol. The summed E-state index contributed by atoms with van der Waals surface area (Å²) in [5, 5.41) is 13.1. The van der Waals surface area contributed by atoms with Crippen molar-refractivity contribution in [1.82, 2.24) is 9.61 Å². The molecule has 0 atom stereocenters.